The van der Waals surface area contributed by atoms with Gasteiger partial charge in [0.25, 0.3) is 0 Å². The summed E-state index contributed by atoms with van der Waals surface area (Å²) in [6.07, 6.45) is 3.88. The molecule has 94 valence electrons. The molecule has 0 atom stereocenters. The van der Waals surface area contributed by atoms with E-state index in [1.54, 1.807) is 0 Å². The van der Waals surface area contributed by atoms with E-state index in [4.69, 9.17) is 10.7 Å². The highest BCUT2D eigenvalue weighted by atomic mass is 15.2. The molecule has 1 saturated carbocycles. The highest BCUT2D eigenvalue weighted by Crippen LogP contribution is 2.29. The predicted molar refractivity (Wildman–Crippen MR) is 75.8 cm³/mol. The van der Waals surface area contributed by atoms with Gasteiger partial charge in [0.15, 0.2) is 0 Å². The van der Waals surface area contributed by atoms with Gasteiger partial charge in [-0.2, -0.15) is 0 Å². The molecule has 1 aliphatic rings. The summed E-state index contributed by atoms with van der Waals surface area (Å²) in [5.41, 5.74) is 6.79. The molecule has 3 rings (SSSR count). The summed E-state index contributed by atoms with van der Waals surface area (Å²) in [5, 5.41) is 1.20. The molecule has 3 heteroatoms. The summed E-state index contributed by atoms with van der Waals surface area (Å²) in [6, 6.07) is 13.2. The largest absolute Gasteiger partial charge is 0.352 e. The van der Waals surface area contributed by atoms with Crippen molar-refractivity contribution < 1.29 is 0 Å². The van der Waals surface area contributed by atoms with E-state index in [1.165, 1.54) is 24.6 Å². The Hall–Kier alpha value is -1.61. The highest BCUT2D eigenvalue weighted by Gasteiger charge is 2.25. The molecule has 18 heavy (non-hydrogen) atoms. The van der Waals surface area contributed by atoms with Gasteiger partial charge in [0.05, 0.1) is 5.52 Å². The van der Waals surface area contributed by atoms with E-state index in [0.29, 0.717) is 12.6 Å². The minimum absolute atomic E-state index is 0.641. The number of hydrogen-bond acceptors (Lipinski definition) is 3. The zero-order valence-electron chi connectivity index (χ0n) is 10.5. The number of para-hydroxylation sites is 1. The van der Waals surface area contributed by atoms with Crippen LogP contribution in [0, 0.1) is 0 Å². The number of anilines is 1. The fraction of sp³-hybridized carbons (Fsp3) is 0.400. The first kappa shape index (κ1) is 11.5. The molecule has 1 aromatic carbocycles. The van der Waals surface area contributed by atoms with E-state index in [2.05, 4.69) is 29.2 Å². The maximum absolute atomic E-state index is 5.73. The quantitative estimate of drug-likeness (QED) is 0.894. The second-order valence-corrected chi connectivity index (χ2v) is 4.93. The molecule has 2 N–H and O–H groups in total. The van der Waals surface area contributed by atoms with Crippen molar-refractivity contribution in [1.82, 2.24) is 4.98 Å². The number of aromatic nitrogens is 1. The molecule has 2 aromatic rings. The Morgan fingerprint density at radius 1 is 1.17 bits per heavy atom. The SMILES string of the molecule is NCCN(c1ccc2ccccc2n1)C1CCC1. The number of nitrogens with zero attached hydrogens (tertiary/aromatic N) is 2. The van der Waals surface area contributed by atoms with Crippen molar-refractivity contribution >= 4 is 16.7 Å². The minimum Gasteiger partial charge on any atom is -0.352 e. The van der Waals surface area contributed by atoms with Crippen LogP contribution in [0.25, 0.3) is 10.9 Å². The third-order valence-electron chi connectivity index (χ3n) is 3.76. The first-order valence-electron chi connectivity index (χ1n) is 6.71. The standard InChI is InChI=1S/C15H19N3/c16-10-11-18(13-5-3-6-13)15-9-8-12-4-1-2-7-14(12)17-15/h1-2,4,7-9,13H,3,5-6,10-11,16H2. The van der Waals surface area contributed by atoms with Crippen molar-refractivity contribution in [3.63, 3.8) is 0 Å². The lowest BCUT2D eigenvalue weighted by atomic mass is 9.91. The predicted octanol–water partition coefficient (Wildman–Crippen LogP) is 2.55. The summed E-state index contributed by atoms with van der Waals surface area (Å²) >= 11 is 0. The Morgan fingerprint density at radius 3 is 2.72 bits per heavy atom. The van der Waals surface area contributed by atoms with Crippen LogP contribution in [0.3, 0.4) is 0 Å². The average Bonchev–Trinajstić information content (AvgIpc) is 2.35. The molecule has 0 saturated heterocycles. The van der Waals surface area contributed by atoms with E-state index in [-0.39, 0.29) is 0 Å². The lowest BCUT2D eigenvalue weighted by Gasteiger charge is -2.38. The Kier molecular flexibility index (Phi) is 3.15. The molecule has 0 bridgehead atoms. The van der Waals surface area contributed by atoms with Crippen molar-refractivity contribution in [2.75, 3.05) is 18.0 Å². The van der Waals surface area contributed by atoms with Gasteiger partial charge in [-0.15, -0.1) is 0 Å². The first-order valence-corrected chi connectivity index (χ1v) is 6.71. The molecule has 0 unspecified atom stereocenters. The third kappa shape index (κ3) is 2.06. The van der Waals surface area contributed by atoms with Crippen molar-refractivity contribution in [2.24, 2.45) is 5.73 Å². The van der Waals surface area contributed by atoms with Crippen molar-refractivity contribution in [2.45, 2.75) is 25.3 Å². The fourth-order valence-electron chi connectivity index (χ4n) is 2.54. The summed E-state index contributed by atoms with van der Waals surface area (Å²) in [7, 11) is 0. The van der Waals surface area contributed by atoms with Crippen molar-refractivity contribution in [1.29, 1.82) is 0 Å². The summed E-state index contributed by atoms with van der Waals surface area (Å²) in [6.45, 7) is 1.58. The van der Waals surface area contributed by atoms with Gasteiger partial charge in [-0.25, -0.2) is 4.98 Å². The van der Waals surface area contributed by atoms with Crippen LogP contribution in [-0.2, 0) is 0 Å². The van der Waals surface area contributed by atoms with Crippen LogP contribution in [0.1, 0.15) is 19.3 Å². The van der Waals surface area contributed by atoms with Gasteiger partial charge in [-0.3, -0.25) is 0 Å². The number of benzene rings is 1. The summed E-state index contributed by atoms with van der Waals surface area (Å²) in [5.74, 6) is 1.07. The average molecular weight is 241 g/mol. The second-order valence-electron chi connectivity index (χ2n) is 4.93. The molecule has 3 nitrogen and oxygen atoms in total. The normalized spacial score (nSPS) is 15.6. The van der Waals surface area contributed by atoms with Crippen LogP contribution in [0.4, 0.5) is 5.82 Å². The molecule has 0 radical (unpaired) electrons. The Labute approximate surface area is 108 Å². The molecule has 0 amide bonds. The van der Waals surface area contributed by atoms with E-state index in [1.807, 2.05) is 12.1 Å². The van der Waals surface area contributed by atoms with Crippen LogP contribution < -0.4 is 10.6 Å². The maximum Gasteiger partial charge on any atom is 0.129 e. The smallest absolute Gasteiger partial charge is 0.129 e. The zero-order chi connectivity index (χ0) is 12.4. The second kappa shape index (κ2) is 4.94. The van der Waals surface area contributed by atoms with Crippen LogP contribution >= 0.6 is 0 Å². The van der Waals surface area contributed by atoms with E-state index < -0.39 is 0 Å². The monoisotopic (exact) mass is 241 g/mol. The van der Waals surface area contributed by atoms with Crippen LogP contribution in [-0.4, -0.2) is 24.1 Å². The van der Waals surface area contributed by atoms with Gasteiger partial charge in [-0.05, 0) is 37.5 Å². The van der Waals surface area contributed by atoms with Gasteiger partial charge in [0, 0.05) is 24.5 Å². The first-order chi connectivity index (χ1) is 8.88. The third-order valence-corrected chi connectivity index (χ3v) is 3.76. The number of fused-ring (bicyclic) bond motifs is 1. The van der Waals surface area contributed by atoms with E-state index in [0.717, 1.165) is 17.9 Å². The van der Waals surface area contributed by atoms with Gasteiger partial charge >= 0.3 is 0 Å². The lowest BCUT2D eigenvalue weighted by Crippen LogP contribution is -2.43. The van der Waals surface area contributed by atoms with E-state index in [9.17, 15) is 0 Å². The van der Waals surface area contributed by atoms with Gasteiger partial charge in [0.1, 0.15) is 5.82 Å². The van der Waals surface area contributed by atoms with Crippen molar-refractivity contribution in [3.8, 4) is 0 Å². The molecule has 1 aliphatic carbocycles. The van der Waals surface area contributed by atoms with Gasteiger partial charge < -0.3 is 10.6 Å². The Balaban J connectivity index is 1.95. The summed E-state index contributed by atoms with van der Waals surface area (Å²) < 4.78 is 0. The van der Waals surface area contributed by atoms with Crippen LogP contribution in [0.15, 0.2) is 36.4 Å². The maximum atomic E-state index is 5.73. The number of pyridine rings is 1. The Morgan fingerprint density at radius 2 is 2.00 bits per heavy atom. The number of nitrogens with two attached hydrogens (primary N) is 1. The summed E-state index contributed by atoms with van der Waals surface area (Å²) in [4.78, 5) is 7.14. The molecule has 0 aliphatic heterocycles. The van der Waals surface area contributed by atoms with Gasteiger partial charge in [0.2, 0.25) is 0 Å². The van der Waals surface area contributed by atoms with Crippen LogP contribution in [0.2, 0.25) is 0 Å². The lowest BCUT2D eigenvalue weighted by molar-refractivity contribution is 0.386. The van der Waals surface area contributed by atoms with E-state index >= 15 is 0 Å². The molecular formula is C15H19N3. The minimum atomic E-state index is 0.641. The van der Waals surface area contributed by atoms with Crippen LogP contribution in [0.5, 0.6) is 0 Å². The fourth-order valence-corrected chi connectivity index (χ4v) is 2.54. The van der Waals surface area contributed by atoms with Crippen molar-refractivity contribution in [3.05, 3.63) is 36.4 Å². The Bertz CT molecular complexity index is 534. The van der Waals surface area contributed by atoms with Gasteiger partial charge in [-0.1, -0.05) is 18.2 Å². The molecule has 1 aromatic heterocycles. The highest BCUT2D eigenvalue weighted by molar-refractivity contribution is 5.80. The molecule has 1 fully saturated rings. The number of hydrogen-bond donors (Lipinski definition) is 1. The number of rotatable bonds is 4. The molecular weight excluding hydrogens is 222 g/mol. The topological polar surface area (TPSA) is 42.1 Å². The zero-order valence-corrected chi connectivity index (χ0v) is 10.5. The molecule has 1 heterocycles. The molecule has 0 spiro atoms.